The highest BCUT2D eigenvalue weighted by Gasteiger charge is 2.28. The van der Waals surface area contributed by atoms with Crippen molar-refractivity contribution < 1.29 is 4.74 Å². The van der Waals surface area contributed by atoms with Gasteiger partial charge in [0.05, 0.1) is 7.11 Å². The Morgan fingerprint density at radius 3 is 2.50 bits per heavy atom. The minimum absolute atomic E-state index is 0.532. The Hall–Kier alpha value is -0.630. The third-order valence-electron chi connectivity index (χ3n) is 2.72. The van der Waals surface area contributed by atoms with Crippen molar-refractivity contribution in [2.24, 2.45) is 0 Å². The highest BCUT2D eigenvalue weighted by atomic mass is 32.2. The summed E-state index contributed by atoms with van der Waals surface area (Å²) in [6, 6.07) is 6.50. The maximum absolute atomic E-state index is 5.22. The van der Waals surface area contributed by atoms with E-state index in [4.69, 9.17) is 4.74 Å². The van der Waals surface area contributed by atoms with Crippen LogP contribution in [0.4, 0.5) is 0 Å². The van der Waals surface area contributed by atoms with Crippen molar-refractivity contribution in [3.05, 3.63) is 23.8 Å². The first-order chi connectivity index (χ1) is 6.81. The molecular weight excluding hydrogens is 192 g/mol. The van der Waals surface area contributed by atoms with E-state index in [0.717, 1.165) is 5.75 Å². The largest absolute Gasteiger partial charge is 0.497 e. The van der Waals surface area contributed by atoms with Crippen molar-refractivity contribution >= 4 is 10.9 Å². The first-order valence-electron chi connectivity index (χ1n) is 5.13. The summed E-state index contributed by atoms with van der Waals surface area (Å²) in [5, 5.41) is 0. The molecule has 1 fully saturated rings. The average Bonchev–Trinajstić information content (AvgIpc) is 2.70. The highest BCUT2D eigenvalue weighted by molar-refractivity contribution is 7.97. The molecule has 2 rings (SSSR count). The maximum Gasteiger partial charge on any atom is 0.158 e. The number of aryl methyl sites for hydroxylation is 1. The van der Waals surface area contributed by atoms with Crippen LogP contribution in [-0.2, 0) is 10.9 Å². The molecule has 14 heavy (non-hydrogen) atoms. The van der Waals surface area contributed by atoms with E-state index >= 15 is 0 Å². The molecule has 0 aliphatic carbocycles. The molecule has 76 valence electrons. The Kier molecular flexibility index (Phi) is 3.02. The minimum atomic E-state index is 0.532. The fourth-order valence-electron chi connectivity index (χ4n) is 1.95. The van der Waals surface area contributed by atoms with E-state index in [1.54, 1.807) is 12.0 Å². The maximum atomic E-state index is 5.22. The molecule has 0 atom stereocenters. The van der Waals surface area contributed by atoms with E-state index in [-0.39, 0.29) is 0 Å². The van der Waals surface area contributed by atoms with Gasteiger partial charge in [-0.2, -0.15) is 0 Å². The molecule has 0 saturated carbocycles. The molecule has 0 radical (unpaired) electrons. The lowest BCUT2D eigenvalue weighted by atomic mass is 10.2. The van der Waals surface area contributed by atoms with E-state index in [1.807, 2.05) is 0 Å². The topological polar surface area (TPSA) is 9.23 Å². The van der Waals surface area contributed by atoms with E-state index in [0.29, 0.717) is 10.9 Å². The summed E-state index contributed by atoms with van der Waals surface area (Å²) in [5.74, 6) is 3.77. The standard InChI is InChI=1S/C12H17OS/c1-10-9-11(13-2)5-6-12(10)14-7-3-4-8-14/h5-6,9H,3-4,7-8H2,1-2H3/q+1. The zero-order valence-corrected chi connectivity index (χ0v) is 9.69. The van der Waals surface area contributed by atoms with Crippen LogP contribution in [0.5, 0.6) is 5.75 Å². The van der Waals surface area contributed by atoms with Gasteiger partial charge in [0.1, 0.15) is 17.3 Å². The molecule has 0 spiro atoms. The third kappa shape index (κ3) is 1.90. The van der Waals surface area contributed by atoms with Gasteiger partial charge in [0.15, 0.2) is 4.90 Å². The predicted octanol–water partition coefficient (Wildman–Crippen LogP) is 2.77. The van der Waals surface area contributed by atoms with Crippen molar-refractivity contribution in [3.8, 4) is 5.75 Å². The summed E-state index contributed by atoms with van der Waals surface area (Å²) >= 11 is 0. The smallest absolute Gasteiger partial charge is 0.158 e. The van der Waals surface area contributed by atoms with Crippen LogP contribution in [0.2, 0.25) is 0 Å². The van der Waals surface area contributed by atoms with Crippen LogP contribution in [0.25, 0.3) is 0 Å². The molecule has 0 aromatic heterocycles. The Morgan fingerprint density at radius 1 is 1.21 bits per heavy atom. The van der Waals surface area contributed by atoms with Crippen molar-refractivity contribution in [1.29, 1.82) is 0 Å². The number of hydrogen-bond donors (Lipinski definition) is 0. The Morgan fingerprint density at radius 2 is 1.93 bits per heavy atom. The Labute approximate surface area is 88.8 Å². The first kappa shape index (κ1) is 9.91. The second-order valence-electron chi connectivity index (χ2n) is 3.74. The SMILES string of the molecule is COc1ccc([S+]2CCCC2)c(C)c1. The van der Waals surface area contributed by atoms with Gasteiger partial charge in [0, 0.05) is 16.5 Å². The van der Waals surface area contributed by atoms with Crippen molar-refractivity contribution in [2.45, 2.75) is 24.7 Å². The molecule has 1 aliphatic rings. The van der Waals surface area contributed by atoms with Crippen LogP contribution >= 0.6 is 0 Å². The number of benzene rings is 1. The normalized spacial score (nSPS) is 17.3. The second-order valence-corrected chi connectivity index (χ2v) is 5.98. The molecule has 1 nitrogen and oxygen atoms in total. The van der Waals surface area contributed by atoms with Gasteiger partial charge in [0.2, 0.25) is 0 Å². The van der Waals surface area contributed by atoms with Gasteiger partial charge >= 0.3 is 0 Å². The molecule has 2 heteroatoms. The highest BCUT2D eigenvalue weighted by Crippen LogP contribution is 2.27. The summed E-state index contributed by atoms with van der Waals surface area (Å²) < 4.78 is 5.22. The predicted molar refractivity (Wildman–Crippen MR) is 62.3 cm³/mol. The van der Waals surface area contributed by atoms with Crippen molar-refractivity contribution in [2.75, 3.05) is 18.6 Å². The van der Waals surface area contributed by atoms with Gasteiger partial charge in [-0.15, -0.1) is 0 Å². The van der Waals surface area contributed by atoms with Gasteiger partial charge in [-0.05, 0) is 38.0 Å². The Bertz CT molecular complexity index is 316. The van der Waals surface area contributed by atoms with E-state index in [2.05, 4.69) is 25.1 Å². The van der Waals surface area contributed by atoms with Gasteiger partial charge in [-0.25, -0.2) is 0 Å². The number of methoxy groups -OCH3 is 1. The van der Waals surface area contributed by atoms with Gasteiger partial charge in [-0.3, -0.25) is 0 Å². The van der Waals surface area contributed by atoms with Gasteiger partial charge in [-0.1, -0.05) is 0 Å². The minimum Gasteiger partial charge on any atom is -0.497 e. The monoisotopic (exact) mass is 209 g/mol. The molecule has 1 aliphatic heterocycles. The molecule has 1 heterocycles. The van der Waals surface area contributed by atoms with E-state index < -0.39 is 0 Å². The van der Waals surface area contributed by atoms with Crippen LogP contribution in [0.3, 0.4) is 0 Å². The summed E-state index contributed by atoms with van der Waals surface area (Å²) in [4.78, 5) is 1.56. The van der Waals surface area contributed by atoms with Crippen LogP contribution in [0, 0.1) is 6.92 Å². The molecule has 0 bridgehead atoms. The zero-order chi connectivity index (χ0) is 9.97. The Balaban J connectivity index is 2.25. The molecular formula is C12H17OS+. The summed E-state index contributed by atoms with van der Waals surface area (Å²) in [7, 11) is 2.26. The fraction of sp³-hybridized carbons (Fsp3) is 0.500. The molecule has 1 aromatic rings. The van der Waals surface area contributed by atoms with Crippen LogP contribution < -0.4 is 4.74 Å². The summed E-state index contributed by atoms with van der Waals surface area (Å²) in [6.45, 7) is 2.20. The lowest BCUT2D eigenvalue weighted by molar-refractivity contribution is 0.414. The molecule has 1 saturated heterocycles. The van der Waals surface area contributed by atoms with Gasteiger partial charge < -0.3 is 4.74 Å². The first-order valence-corrected chi connectivity index (χ1v) is 6.69. The number of hydrogen-bond acceptors (Lipinski definition) is 1. The second kappa shape index (κ2) is 4.26. The average molecular weight is 209 g/mol. The fourth-order valence-corrected chi connectivity index (χ4v) is 4.47. The molecule has 0 unspecified atom stereocenters. The van der Waals surface area contributed by atoms with E-state index in [9.17, 15) is 0 Å². The van der Waals surface area contributed by atoms with Crippen LogP contribution in [0.1, 0.15) is 18.4 Å². The zero-order valence-electron chi connectivity index (χ0n) is 8.88. The quantitative estimate of drug-likeness (QED) is 0.681. The summed E-state index contributed by atoms with van der Waals surface area (Å²) in [6.07, 6.45) is 2.82. The molecule has 0 amide bonds. The van der Waals surface area contributed by atoms with Crippen molar-refractivity contribution in [3.63, 3.8) is 0 Å². The number of ether oxygens (including phenoxy) is 1. The lowest BCUT2D eigenvalue weighted by Gasteiger charge is -2.06. The van der Waals surface area contributed by atoms with E-state index in [1.165, 1.54) is 29.9 Å². The molecule has 1 aromatic carbocycles. The van der Waals surface area contributed by atoms with Crippen LogP contribution in [-0.4, -0.2) is 18.6 Å². The molecule has 0 N–H and O–H groups in total. The van der Waals surface area contributed by atoms with Gasteiger partial charge in [0.25, 0.3) is 0 Å². The van der Waals surface area contributed by atoms with Crippen LogP contribution in [0.15, 0.2) is 23.1 Å². The lowest BCUT2D eigenvalue weighted by Crippen LogP contribution is -2.05. The van der Waals surface area contributed by atoms with Crippen molar-refractivity contribution in [1.82, 2.24) is 0 Å². The summed E-state index contributed by atoms with van der Waals surface area (Å²) in [5.41, 5.74) is 1.40. The third-order valence-corrected chi connectivity index (χ3v) is 5.37. The number of rotatable bonds is 2.